The predicted molar refractivity (Wildman–Crippen MR) is 70.3 cm³/mol. The van der Waals surface area contributed by atoms with E-state index in [-0.39, 0.29) is 23.9 Å². The van der Waals surface area contributed by atoms with E-state index < -0.39 is 12.1 Å². The van der Waals surface area contributed by atoms with E-state index in [0.29, 0.717) is 17.6 Å². The zero-order valence-electron chi connectivity index (χ0n) is 10.3. The van der Waals surface area contributed by atoms with Crippen LogP contribution in [0.2, 0.25) is 0 Å². The maximum absolute atomic E-state index is 12.4. The average molecular weight is 353 g/mol. The average Bonchev–Trinajstić information content (AvgIpc) is 2.69. The number of halogens is 4. The molecule has 110 valence electrons. The Morgan fingerprint density at radius 3 is 2.70 bits per heavy atom. The summed E-state index contributed by atoms with van der Waals surface area (Å²) in [6.07, 6.45) is -4.58. The highest BCUT2D eigenvalue weighted by Crippen LogP contribution is 2.37. The molecule has 1 aromatic rings. The standard InChI is InChI=1S/C12H12BrF3N2O2/c13-8-1-2-9(10(4-8)20-12(14,15)16)18-6-7(5-17)3-11(18)19/h1-2,4,7H,3,5-6,17H2. The molecular weight excluding hydrogens is 341 g/mol. The second kappa shape index (κ2) is 5.61. The van der Waals surface area contributed by atoms with Crippen LogP contribution >= 0.6 is 15.9 Å². The minimum Gasteiger partial charge on any atom is -0.404 e. The van der Waals surface area contributed by atoms with Gasteiger partial charge in [0.15, 0.2) is 5.75 Å². The summed E-state index contributed by atoms with van der Waals surface area (Å²) in [5.41, 5.74) is 5.61. The smallest absolute Gasteiger partial charge is 0.404 e. The van der Waals surface area contributed by atoms with Gasteiger partial charge in [0.1, 0.15) is 0 Å². The summed E-state index contributed by atoms with van der Waals surface area (Å²) in [4.78, 5) is 13.2. The Balaban J connectivity index is 2.34. The molecule has 0 aliphatic carbocycles. The normalized spacial score (nSPS) is 19.6. The van der Waals surface area contributed by atoms with E-state index in [0.717, 1.165) is 0 Å². The Morgan fingerprint density at radius 1 is 1.45 bits per heavy atom. The molecule has 8 heteroatoms. The lowest BCUT2D eigenvalue weighted by Gasteiger charge is -2.21. The number of nitrogens with two attached hydrogens (primary N) is 1. The monoisotopic (exact) mass is 352 g/mol. The molecule has 2 N–H and O–H groups in total. The maximum Gasteiger partial charge on any atom is 0.573 e. The lowest BCUT2D eigenvalue weighted by Crippen LogP contribution is -2.27. The number of rotatable bonds is 3. The summed E-state index contributed by atoms with van der Waals surface area (Å²) < 4.78 is 41.7. The predicted octanol–water partition coefficient (Wildman–Crippen LogP) is 2.66. The molecule has 1 heterocycles. The summed E-state index contributed by atoms with van der Waals surface area (Å²) in [5, 5.41) is 0. The van der Waals surface area contributed by atoms with Crippen molar-refractivity contribution in [2.24, 2.45) is 11.7 Å². The minimum absolute atomic E-state index is 0.0510. The summed E-state index contributed by atoms with van der Waals surface area (Å²) in [6.45, 7) is 0.611. The van der Waals surface area contributed by atoms with Crippen LogP contribution < -0.4 is 15.4 Å². The number of amides is 1. The molecule has 20 heavy (non-hydrogen) atoms. The van der Waals surface area contributed by atoms with Gasteiger partial charge in [0, 0.05) is 17.4 Å². The lowest BCUT2D eigenvalue weighted by molar-refractivity contribution is -0.274. The van der Waals surface area contributed by atoms with Gasteiger partial charge >= 0.3 is 6.36 Å². The van der Waals surface area contributed by atoms with Crippen molar-refractivity contribution >= 4 is 27.5 Å². The van der Waals surface area contributed by atoms with E-state index in [1.807, 2.05) is 0 Å². The van der Waals surface area contributed by atoms with Gasteiger partial charge in [-0.2, -0.15) is 0 Å². The number of anilines is 1. The number of alkyl halides is 3. The molecule has 1 unspecified atom stereocenters. The Morgan fingerprint density at radius 2 is 2.15 bits per heavy atom. The number of nitrogens with zero attached hydrogens (tertiary/aromatic N) is 1. The van der Waals surface area contributed by atoms with Gasteiger partial charge in [-0.25, -0.2) is 0 Å². The van der Waals surface area contributed by atoms with Crippen LogP contribution in [-0.2, 0) is 4.79 Å². The molecule has 1 aliphatic heterocycles. The van der Waals surface area contributed by atoms with Gasteiger partial charge in [-0.1, -0.05) is 15.9 Å². The van der Waals surface area contributed by atoms with Crippen molar-refractivity contribution in [2.75, 3.05) is 18.0 Å². The Bertz CT molecular complexity index is 522. The molecule has 4 nitrogen and oxygen atoms in total. The maximum atomic E-state index is 12.4. The van der Waals surface area contributed by atoms with Crippen LogP contribution in [0.3, 0.4) is 0 Å². The van der Waals surface area contributed by atoms with Crippen molar-refractivity contribution in [1.82, 2.24) is 0 Å². The van der Waals surface area contributed by atoms with Crippen LogP contribution in [0.25, 0.3) is 0 Å². The quantitative estimate of drug-likeness (QED) is 0.909. The second-order valence-corrected chi connectivity index (χ2v) is 5.39. The highest BCUT2D eigenvalue weighted by atomic mass is 79.9. The molecule has 1 aromatic carbocycles. The third kappa shape index (κ3) is 3.43. The summed E-state index contributed by atoms with van der Waals surface area (Å²) in [5.74, 6) is -0.711. The fourth-order valence-electron chi connectivity index (χ4n) is 2.09. The van der Waals surface area contributed by atoms with Gasteiger partial charge in [0.05, 0.1) is 5.69 Å². The first-order valence-corrected chi connectivity index (χ1v) is 6.65. The molecule has 0 radical (unpaired) electrons. The van der Waals surface area contributed by atoms with E-state index in [4.69, 9.17) is 5.73 Å². The van der Waals surface area contributed by atoms with Crippen molar-refractivity contribution in [3.63, 3.8) is 0 Å². The van der Waals surface area contributed by atoms with Crippen LogP contribution in [0.15, 0.2) is 22.7 Å². The lowest BCUT2D eigenvalue weighted by atomic mass is 10.1. The first kappa shape index (κ1) is 15.1. The van der Waals surface area contributed by atoms with Crippen molar-refractivity contribution in [3.8, 4) is 5.75 Å². The number of hydrogen-bond acceptors (Lipinski definition) is 3. The molecular formula is C12H12BrF3N2O2. The van der Waals surface area contributed by atoms with Gasteiger partial charge in [-0.3, -0.25) is 4.79 Å². The molecule has 1 saturated heterocycles. The molecule has 1 fully saturated rings. The highest BCUT2D eigenvalue weighted by molar-refractivity contribution is 9.10. The fraction of sp³-hybridized carbons (Fsp3) is 0.417. The molecule has 0 spiro atoms. The Labute approximate surface area is 121 Å². The van der Waals surface area contributed by atoms with Gasteiger partial charge in [0.25, 0.3) is 0 Å². The first-order chi connectivity index (χ1) is 9.30. The largest absolute Gasteiger partial charge is 0.573 e. The van der Waals surface area contributed by atoms with Crippen LogP contribution in [0.4, 0.5) is 18.9 Å². The summed E-state index contributed by atoms with van der Waals surface area (Å²) in [6, 6.07) is 4.16. The Kier molecular flexibility index (Phi) is 4.24. The van der Waals surface area contributed by atoms with Crippen molar-refractivity contribution < 1.29 is 22.7 Å². The third-order valence-electron chi connectivity index (χ3n) is 2.98. The van der Waals surface area contributed by atoms with Crippen LogP contribution in [-0.4, -0.2) is 25.4 Å². The minimum atomic E-state index is -4.81. The number of carbonyl (C=O) groups excluding carboxylic acids is 1. The van der Waals surface area contributed by atoms with E-state index in [2.05, 4.69) is 20.7 Å². The van der Waals surface area contributed by atoms with E-state index in [1.54, 1.807) is 6.07 Å². The highest BCUT2D eigenvalue weighted by Gasteiger charge is 2.36. The molecule has 1 aliphatic rings. The SMILES string of the molecule is NCC1CC(=O)N(c2ccc(Br)cc2OC(F)(F)F)C1. The molecule has 0 aromatic heterocycles. The number of benzene rings is 1. The van der Waals surface area contributed by atoms with Crippen LogP contribution in [0, 0.1) is 5.92 Å². The third-order valence-corrected chi connectivity index (χ3v) is 3.47. The summed E-state index contributed by atoms with van der Waals surface area (Å²) in [7, 11) is 0. The Hall–Kier alpha value is -1.28. The number of hydrogen-bond donors (Lipinski definition) is 1. The zero-order valence-corrected chi connectivity index (χ0v) is 11.9. The van der Waals surface area contributed by atoms with Gasteiger partial charge in [-0.05, 0) is 30.7 Å². The molecule has 0 bridgehead atoms. The van der Waals surface area contributed by atoms with E-state index >= 15 is 0 Å². The van der Waals surface area contributed by atoms with Gasteiger partial charge in [-0.15, -0.1) is 13.2 Å². The van der Waals surface area contributed by atoms with Gasteiger partial charge in [0.2, 0.25) is 5.91 Å². The fourth-order valence-corrected chi connectivity index (χ4v) is 2.43. The van der Waals surface area contributed by atoms with Crippen LogP contribution in [0.5, 0.6) is 5.75 Å². The van der Waals surface area contributed by atoms with E-state index in [9.17, 15) is 18.0 Å². The second-order valence-electron chi connectivity index (χ2n) is 4.47. The topological polar surface area (TPSA) is 55.6 Å². The molecule has 1 amide bonds. The first-order valence-electron chi connectivity index (χ1n) is 5.86. The van der Waals surface area contributed by atoms with Crippen molar-refractivity contribution in [2.45, 2.75) is 12.8 Å². The molecule has 2 rings (SSSR count). The zero-order chi connectivity index (χ0) is 14.9. The van der Waals surface area contributed by atoms with E-state index in [1.165, 1.54) is 17.0 Å². The van der Waals surface area contributed by atoms with Crippen LogP contribution in [0.1, 0.15) is 6.42 Å². The van der Waals surface area contributed by atoms with Crippen molar-refractivity contribution in [1.29, 1.82) is 0 Å². The van der Waals surface area contributed by atoms with Crippen molar-refractivity contribution in [3.05, 3.63) is 22.7 Å². The molecule has 1 atom stereocenters. The molecule has 0 saturated carbocycles. The van der Waals surface area contributed by atoms with Gasteiger partial charge < -0.3 is 15.4 Å². The number of ether oxygens (including phenoxy) is 1. The summed E-state index contributed by atoms with van der Waals surface area (Å²) >= 11 is 3.08. The number of carbonyl (C=O) groups is 1.